The Bertz CT molecular complexity index is 681. The molecule has 1 fully saturated rings. The Morgan fingerprint density at radius 2 is 2.00 bits per heavy atom. The molecule has 0 aliphatic carbocycles. The number of rotatable bonds is 8. The molecular weight excluding hydrogens is 473 g/mol. The molecule has 0 aromatic heterocycles. The van der Waals surface area contributed by atoms with Gasteiger partial charge in [-0.15, -0.1) is 0 Å². The van der Waals surface area contributed by atoms with Crippen LogP contribution in [0.3, 0.4) is 0 Å². The summed E-state index contributed by atoms with van der Waals surface area (Å²) in [5, 5.41) is 2.74. The maximum absolute atomic E-state index is 12.8. The Balaban J connectivity index is 2.02. The number of hydrogen-bond acceptors (Lipinski definition) is 4. The highest BCUT2D eigenvalue weighted by atomic mass is 127. The summed E-state index contributed by atoms with van der Waals surface area (Å²) < 4.78 is 6.36. The number of amides is 3. The van der Waals surface area contributed by atoms with Gasteiger partial charge < -0.3 is 15.8 Å². The maximum Gasteiger partial charge on any atom is 0.410 e. The zero-order valence-corrected chi connectivity index (χ0v) is 18.3. The number of ether oxygens (including phenoxy) is 1. The number of carbonyl (C=O) groups is 3. The summed E-state index contributed by atoms with van der Waals surface area (Å²) in [7, 11) is 0. The van der Waals surface area contributed by atoms with Crippen LogP contribution >= 0.6 is 22.6 Å². The molecule has 1 saturated heterocycles. The molecule has 1 aliphatic heterocycles. The van der Waals surface area contributed by atoms with Gasteiger partial charge in [0.1, 0.15) is 12.1 Å². The first kappa shape index (κ1) is 22.4. The van der Waals surface area contributed by atoms with Crippen LogP contribution < -0.4 is 11.1 Å². The van der Waals surface area contributed by atoms with Gasteiger partial charge >= 0.3 is 6.09 Å². The lowest BCUT2D eigenvalue weighted by Crippen LogP contribution is -2.56. The minimum Gasteiger partial charge on any atom is -0.449 e. The molecule has 3 amide bonds. The van der Waals surface area contributed by atoms with Crippen molar-refractivity contribution < 1.29 is 19.1 Å². The molecule has 0 saturated carbocycles. The van der Waals surface area contributed by atoms with Crippen molar-refractivity contribution in [1.82, 2.24) is 10.2 Å². The van der Waals surface area contributed by atoms with E-state index in [2.05, 4.69) is 27.9 Å². The molecule has 1 aromatic carbocycles. The normalized spacial score (nSPS) is 17.6. The van der Waals surface area contributed by atoms with Crippen LogP contribution in [0.25, 0.3) is 0 Å². The summed E-state index contributed by atoms with van der Waals surface area (Å²) in [5.41, 5.74) is 6.41. The minimum atomic E-state index is -0.826. The highest BCUT2D eigenvalue weighted by molar-refractivity contribution is 14.1. The molecule has 8 heteroatoms. The Morgan fingerprint density at radius 1 is 1.29 bits per heavy atom. The van der Waals surface area contributed by atoms with Gasteiger partial charge in [0.15, 0.2) is 0 Å². The zero-order chi connectivity index (χ0) is 20.5. The summed E-state index contributed by atoms with van der Waals surface area (Å²) in [6.45, 7) is 2.83. The smallest absolute Gasteiger partial charge is 0.410 e. The minimum absolute atomic E-state index is 0.311. The number of primary amides is 1. The van der Waals surface area contributed by atoms with Crippen LogP contribution in [0.2, 0.25) is 0 Å². The van der Waals surface area contributed by atoms with Crippen LogP contribution in [0, 0.1) is 3.57 Å². The summed E-state index contributed by atoms with van der Waals surface area (Å²) >= 11 is 2.20. The number of benzene rings is 1. The maximum atomic E-state index is 12.8. The lowest BCUT2D eigenvalue weighted by Gasteiger charge is -2.34. The second kappa shape index (κ2) is 11.2. The first-order valence-corrected chi connectivity index (χ1v) is 10.8. The number of hydrogen-bond donors (Lipinski definition) is 2. The third-order valence-electron chi connectivity index (χ3n) is 4.78. The molecule has 1 unspecified atom stereocenters. The standard InChI is InChI=1S/C20H28IN3O4/c1-2-3-12-28-20(27)24-11-5-4-6-17(24)19(26)23-16(18(22)25)13-14-7-9-15(21)10-8-14/h7-10,16-17H,2-6,11-13H2,1H3,(H2,22,25)(H,23,26)/t16-,17?/m0/s1. The van der Waals surface area contributed by atoms with Crippen LogP contribution in [-0.4, -0.2) is 48.0 Å². The fraction of sp³-hybridized carbons (Fsp3) is 0.550. The van der Waals surface area contributed by atoms with E-state index in [1.807, 2.05) is 31.2 Å². The van der Waals surface area contributed by atoms with Crippen molar-refractivity contribution in [1.29, 1.82) is 0 Å². The van der Waals surface area contributed by atoms with E-state index in [0.29, 0.717) is 26.0 Å². The van der Waals surface area contributed by atoms with Crippen molar-refractivity contribution in [3.63, 3.8) is 0 Å². The van der Waals surface area contributed by atoms with Gasteiger partial charge in [0, 0.05) is 16.5 Å². The Labute approximate surface area is 179 Å². The van der Waals surface area contributed by atoms with E-state index in [0.717, 1.165) is 34.8 Å². The van der Waals surface area contributed by atoms with Crippen molar-refractivity contribution in [2.45, 2.75) is 57.5 Å². The van der Waals surface area contributed by atoms with Gasteiger partial charge in [-0.2, -0.15) is 0 Å². The second-order valence-corrected chi connectivity index (χ2v) is 8.21. The van der Waals surface area contributed by atoms with Gasteiger partial charge in [0.2, 0.25) is 11.8 Å². The number of carbonyl (C=O) groups excluding carboxylic acids is 3. The van der Waals surface area contributed by atoms with Crippen molar-refractivity contribution >= 4 is 40.5 Å². The number of unbranched alkanes of at least 4 members (excludes halogenated alkanes) is 1. The molecule has 28 heavy (non-hydrogen) atoms. The SMILES string of the molecule is CCCCOC(=O)N1CCCCC1C(=O)N[C@@H](Cc1ccc(I)cc1)C(N)=O. The fourth-order valence-corrected chi connectivity index (χ4v) is 3.52. The first-order valence-electron chi connectivity index (χ1n) is 9.70. The van der Waals surface area contributed by atoms with Gasteiger partial charge in [-0.1, -0.05) is 25.5 Å². The summed E-state index contributed by atoms with van der Waals surface area (Å²) in [6, 6.07) is 6.22. The number of likely N-dealkylation sites (tertiary alicyclic amines) is 1. The summed E-state index contributed by atoms with van der Waals surface area (Å²) in [5.74, 6) is -0.957. The number of nitrogens with one attached hydrogen (secondary N) is 1. The van der Waals surface area contributed by atoms with E-state index >= 15 is 0 Å². The summed E-state index contributed by atoms with van der Waals surface area (Å²) in [6.07, 6.45) is 3.77. The number of nitrogens with zero attached hydrogens (tertiary/aromatic N) is 1. The molecule has 3 N–H and O–H groups in total. The number of halogens is 1. The number of nitrogens with two attached hydrogens (primary N) is 1. The predicted molar refractivity (Wildman–Crippen MR) is 115 cm³/mol. The molecule has 0 spiro atoms. The van der Waals surface area contributed by atoms with Crippen molar-refractivity contribution in [3.8, 4) is 0 Å². The van der Waals surface area contributed by atoms with Crippen molar-refractivity contribution in [2.24, 2.45) is 5.73 Å². The van der Waals surface area contributed by atoms with Crippen LogP contribution in [-0.2, 0) is 20.7 Å². The lowest BCUT2D eigenvalue weighted by molar-refractivity contribution is -0.131. The second-order valence-electron chi connectivity index (χ2n) is 6.97. The third kappa shape index (κ3) is 6.65. The number of piperidine rings is 1. The van der Waals surface area contributed by atoms with E-state index in [-0.39, 0.29) is 5.91 Å². The topological polar surface area (TPSA) is 102 Å². The van der Waals surface area contributed by atoms with E-state index in [4.69, 9.17) is 10.5 Å². The van der Waals surface area contributed by atoms with Crippen LogP contribution in [0.5, 0.6) is 0 Å². The molecule has 154 valence electrons. The van der Waals surface area contributed by atoms with Gasteiger partial charge in [-0.25, -0.2) is 4.79 Å². The van der Waals surface area contributed by atoms with E-state index in [1.165, 1.54) is 4.90 Å². The lowest BCUT2D eigenvalue weighted by atomic mass is 10.0. The molecule has 1 aromatic rings. The summed E-state index contributed by atoms with van der Waals surface area (Å²) in [4.78, 5) is 38.5. The van der Waals surface area contributed by atoms with E-state index < -0.39 is 24.1 Å². The average Bonchev–Trinajstić information content (AvgIpc) is 2.69. The largest absolute Gasteiger partial charge is 0.449 e. The fourth-order valence-electron chi connectivity index (χ4n) is 3.16. The molecule has 1 aliphatic rings. The highest BCUT2D eigenvalue weighted by Gasteiger charge is 2.34. The Hall–Kier alpha value is -1.84. The molecule has 0 bridgehead atoms. The van der Waals surface area contributed by atoms with Gasteiger partial charge in [0.25, 0.3) is 0 Å². The van der Waals surface area contributed by atoms with Gasteiger partial charge in [-0.3, -0.25) is 14.5 Å². The monoisotopic (exact) mass is 501 g/mol. The first-order chi connectivity index (χ1) is 13.4. The molecule has 7 nitrogen and oxygen atoms in total. The Morgan fingerprint density at radius 3 is 2.64 bits per heavy atom. The molecule has 1 heterocycles. The van der Waals surface area contributed by atoms with Gasteiger partial charge in [0.05, 0.1) is 6.61 Å². The molecule has 0 radical (unpaired) electrons. The molecule has 2 atom stereocenters. The molecular formula is C20H28IN3O4. The quantitative estimate of drug-likeness (QED) is 0.423. The Kier molecular flexibility index (Phi) is 9.01. The van der Waals surface area contributed by atoms with Crippen LogP contribution in [0.15, 0.2) is 24.3 Å². The van der Waals surface area contributed by atoms with Crippen LogP contribution in [0.4, 0.5) is 4.79 Å². The predicted octanol–water partition coefficient (Wildman–Crippen LogP) is 2.59. The van der Waals surface area contributed by atoms with Crippen molar-refractivity contribution in [3.05, 3.63) is 33.4 Å². The zero-order valence-electron chi connectivity index (χ0n) is 16.2. The average molecular weight is 501 g/mol. The third-order valence-corrected chi connectivity index (χ3v) is 5.50. The van der Waals surface area contributed by atoms with E-state index in [1.54, 1.807) is 0 Å². The highest BCUT2D eigenvalue weighted by Crippen LogP contribution is 2.19. The van der Waals surface area contributed by atoms with Crippen molar-refractivity contribution in [2.75, 3.05) is 13.2 Å². The van der Waals surface area contributed by atoms with E-state index in [9.17, 15) is 14.4 Å². The van der Waals surface area contributed by atoms with Crippen LogP contribution in [0.1, 0.15) is 44.6 Å². The van der Waals surface area contributed by atoms with Gasteiger partial charge in [-0.05, 0) is 66.0 Å². The molecule has 2 rings (SSSR count).